The van der Waals surface area contributed by atoms with E-state index in [1.807, 2.05) is 18.2 Å². The molecule has 0 saturated carbocycles. The highest BCUT2D eigenvalue weighted by Gasteiger charge is 2.27. The van der Waals surface area contributed by atoms with Crippen LogP contribution in [0.1, 0.15) is 42.5 Å². The molecule has 4 N–H and O–H groups in total. The van der Waals surface area contributed by atoms with E-state index in [1.54, 1.807) is 31.4 Å². The molecule has 4 aromatic rings. The van der Waals surface area contributed by atoms with Crippen LogP contribution < -0.4 is 31.4 Å². The number of ether oxygens (including phenoxy) is 5. The zero-order valence-electron chi connectivity index (χ0n) is 34.9. The van der Waals surface area contributed by atoms with Crippen molar-refractivity contribution in [3.8, 4) is 22.6 Å². The number of nitrogens with one attached hydrogen (secondary N) is 2. The minimum atomic E-state index is -3.03. The van der Waals surface area contributed by atoms with Crippen molar-refractivity contribution in [3.63, 3.8) is 0 Å². The molecule has 0 radical (unpaired) electrons. The van der Waals surface area contributed by atoms with E-state index >= 15 is 0 Å². The van der Waals surface area contributed by atoms with E-state index in [1.165, 1.54) is 40.3 Å². The molecule has 2 aliphatic rings. The van der Waals surface area contributed by atoms with Gasteiger partial charge in [-0.05, 0) is 73.6 Å². The molecule has 2 saturated heterocycles. The molecule has 2 aliphatic heterocycles. The van der Waals surface area contributed by atoms with Gasteiger partial charge in [0.05, 0.1) is 73.2 Å². The Morgan fingerprint density at radius 3 is 2.37 bits per heavy atom. The maximum Gasteiger partial charge on any atom is 0.259 e. The number of thiophene rings is 1. The summed E-state index contributed by atoms with van der Waals surface area (Å²) in [6, 6.07) is 15.0. The van der Waals surface area contributed by atoms with Crippen molar-refractivity contribution in [2.45, 2.75) is 54.7 Å². The van der Waals surface area contributed by atoms with Crippen molar-refractivity contribution in [2.75, 3.05) is 71.4 Å². The van der Waals surface area contributed by atoms with Crippen molar-refractivity contribution < 1.29 is 46.5 Å². The van der Waals surface area contributed by atoms with Crippen LogP contribution in [0.2, 0.25) is 0 Å². The fourth-order valence-corrected chi connectivity index (χ4v) is 10.4. The Balaban J connectivity index is 0.843. The first-order chi connectivity index (χ1) is 29.9. The van der Waals surface area contributed by atoms with E-state index in [-0.39, 0.29) is 58.5 Å². The third kappa shape index (κ3) is 13.4. The van der Waals surface area contributed by atoms with Gasteiger partial charge in [0, 0.05) is 48.0 Å². The highest BCUT2D eigenvalue weighted by Crippen LogP contribution is 2.38. The monoisotopic (exact) mass is 911 g/mol. The van der Waals surface area contributed by atoms with Gasteiger partial charge >= 0.3 is 0 Å². The number of amides is 3. The van der Waals surface area contributed by atoms with Gasteiger partial charge in [0.2, 0.25) is 11.8 Å². The molecule has 2 fully saturated rings. The first-order valence-corrected chi connectivity index (χ1v) is 24.0. The van der Waals surface area contributed by atoms with E-state index in [2.05, 4.69) is 27.8 Å². The molecule has 16 nitrogen and oxygen atoms in total. The summed E-state index contributed by atoms with van der Waals surface area (Å²) < 4.78 is 54.1. The minimum Gasteiger partial charge on any atom is -0.493 e. The van der Waals surface area contributed by atoms with Crippen LogP contribution in [0.15, 0.2) is 69.4 Å². The first kappa shape index (κ1) is 46.7. The molecular formula is C43H53N5O11S3. The van der Waals surface area contributed by atoms with Crippen LogP contribution in [0, 0.1) is 0 Å². The number of imide groups is 1. The molecular weight excluding hydrogens is 859 g/mol. The quantitative estimate of drug-likeness (QED) is 0.0445. The lowest BCUT2D eigenvalue weighted by molar-refractivity contribution is -0.132. The molecule has 19 heteroatoms. The number of aryl methyl sites for hydroxylation is 2. The molecule has 2 aromatic heterocycles. The predicted octanol–water partition coefficient (Wildman–Crippen LogP) is 3.63. The molecule has 3 amide bonds. The lowest BCUT2D eigenvalue weighted by atomic mass is 10.1. The number of piperidine rings is 1. The lowest BCUT2D eigenvalue weighted by Crippen LogP contribution is -2.42. The SMILES string of the molecule is COc1cc(-c2cn(C)c(=O)c3cc(C(N)=NC4CCS(=O)(=O)CC4)sc23)ccc1OCC(=O)NCCOCCOCCOCCCc1ccc(SC2CCC(=O)NC2=O)cc1. The number of rotatable bonds is 22. The summed E-state index contributed by atoms with van der Waals surface area (Å²) in [6.45, 7) is 2.67. The van der Waals surface area contributed by atoms with Crippen LogP contribution in [0.5, 0.6) is 11.5 Å². The third-order valence-corrected chi connectivity index (χ3v) is 14.4. The molecule has 2 aromatic carbocycles. The average Bonchev–Trinajstić information content (AvgIpc) is 3.71. The van der Waals surface area contributed by atoms with Crippen LogP contribution >= 0.6 is 23.1 Å². The number of methoxy groups -OCH3 is 1. The number of hydrogen-bond donors (Lipinski definition) is 3. The summed E-state index contributed by atoms with van der Waals surface area (Å²) in [6.07, 6.45) is 5.26. The van der Waals surface area contributed by atoms with Crippen LogP contribution in [0.3, 0.4) is 0 Å². The minimum absolute atomic E-state index is 0.0860. The smallest absolute Gasteiger partial charge is 0.259 e. The number of nitrogens with two attached hydrogens (primary N) is 1. The number of carbonyl (C=O) groups is 3. The summed E-state index contributed by atoms with van der Waals surface area (Å²) in [5.74, 6) is 0.476. The van der Waals surface area contributed by atoms with Gasteiger partial charge in [-0.3, -0.25) is 29.5 Å². The Morgan fingerprint density at radius 1 is 0.952 bits per heavy atom. The zero-order chi connectivity index (χ0) is 44.1. The number of pyridine rings is 1. The maximum absolute atomic E-state index is 13.1. The largest absolute Gasteiger partial charge is 0.493 e. The molecule has 1 atom stereocenters. The highest BCUT2D eigenvalue weighted by molar-refractivity contribution is 8.00. The van der Waals surface area contributed by atoms with Gasteiger partial charge in [0.25, 0.3) is 11.5 Å². The lowest BCUT2D eigenvalue weighted by Gasteiger charge is -2.20. The summed E-state index contributed by atoms with van der Waals surface area (Å²) in [5, 5.41) is 5.42. The number of nitrogens with zero attached hydrogens (tertiary/aromatic N) is 2. The number of fused-ring (bicyclic) bond motifs is 1. The summed E-state index contributed by atoms with van der Waals surface area (Å²) in [5.41, 5.74) is 8.92. The van der Waals surface area contributed by atoms with Gasteiger partial charge < -0.3 is 39.3 Å². The van der Waals surface area contributed by atoms with E-state index in [4.69, 9.17) is 29.4 Å². The standard InChI is InChI=1S/C43H53N5O11S3/c1-48-26-33(40-32(43(48)52)25-37(61-40)41(44)46-30-13-22-62(53,54)23-14-30)29-7-10-34(35(24-29)55-2)59-27-39(50)45-15-17-57-19-21-58-20-18-56-16-3-4-28-5-8-31(9-6-28)60-36-11-12-38(49)47-42(36)51/h5-10,24-26,30,36H,3-4,11-23,27H2,1-2H3,(H2,44,46)(H,45,50)(H,47,49,51). The second kappa shape index (κ2) is 22.5. The maximum atomic E-state index is 13.1. The Morgan fingerprint density at radius 2 is 1.66 bits per heavy atom. The van der Waals surface area contributed by atoms with Crippen LogP contribution in [-0.2, 0) is 51.9 Å². The van der Waals surface area contributed by atoms with Crippen molar-refractivity contribution in [1.29, 1.82) is 0 Å². The van der Waals surface area contributed by atoms with E-state index < -0.39 is 9.84 Å². The molecule has 1 unspecified atom stereocenters. The normalized spacial score (nSPS) is 16.9. The molecule has 6 rings (SSSR count). The number of aromatic nitrogens is 1. The topological polar surface area (TPSA) is 216 Å². The second-order valence-corrected chi connectivity index (χ2v) is 19.5. The number of hydrogen-bond acceptors (Lipinski definition) is 14. The fourth-order valence-electron chi connectivity index (χ4n) is 6.87. The fraction of sp³-hybridized carbons (Fsp3) is 0.465. The summed E-state index contributed by atoms with van der Waals surface area (Å²) in [7, 11) is 0.151. The average molecular weight is 912 g/mol. The number of benzene rings is 2. The Bertz CT molecular complexity index is 2390. The second-order valence-electron chi connectivity index (χ2n) is 14.9. The molecule has 62 heavy (non-hydrogen) atoms. The number of sulfone groups is 1. The van der Waals surface area contributed by atoms with Gasteiger partial charge in [-0.2, -0.15) is 0 Å². The summed E-state index contributed by atoms with van der Waals surface area (Å²) >= 11 is 2.83. The summed E-state index contributed by atoms with van der Waals surface area (Å²) in [4.78, 5) is 55.2. The van der Waals surface area contributed by atoms with Gasteiger partial charge in [-0.25, -0.2) is 8.42 Å². The van der Waals surface area contributed by atoms with Gasteiger partial charge in [0.15, 0.2) is 18.1 Å². The molecule has 334 valence electrons. The number of thioether (sulfide) groups is 1. The van der Waals surface area contributed by atoms with E-state index in [9.17, 15) is 27.6 Å². The Kier molecular flexibility index (Phi) is 17.0. The van der Waals surface area contributed by atoms with Crippen LogP contribution in [-0.4, -0.2) is 119 Å². The van der Waals surface area contributed by atoms with Crippen molar-refractivity contribution in [3.05, 3.63) is 75.5 Å². The van der Waals surface area contributed by atoms with Gasteiger partial charge in [0.1, 0.15) is 15.7 Å². The highest BCUT2D eigenvalue weighted by atomic mass is 32.2. The first-order valence-electron chi connectivity index (χ1n) is 20.5. The van der Waals surface area contributed by atoms with E-state index in [0.717, 1.165) is 33.6 Å². The van der Waals surface area contributed by atoms with Crippen LogP contribution in [0.4, 0.5) is 0 Å². The van der Waals surface area contributed by atoms with E-state index in [0.29, 0.717) is 93.6 Å². The number of aliphatic imine (C=N–C) groups is 1. The van der Waals surface area contributed by atoms with Gasteiger partial charge in [-0.15, -0.1) is 23.1 Å². The predicted molar refractivity (Wildman–Crippen MR) is 239 cm³/mol. The van der Waals surface area contributed by atoms with Crippen molar-refractivity contribution in [1.82, 2.24) is 15.2 Å². The number of carbonyl (C=O) groups excluding carboxylic acids is 3. The van der Waals surface area contributed by atoms with Gasteiger partial charge in [-0.1, -0.05) is 18.2 Å². The zero-order valence-corrected chi connectivity index (χ0v) is 37.3. The molecule has 0 aliphatic carbocycles. The van der Waals surface area contributed by atoms with Crippen molar-refractivity contribution >= 4 is 66.6 Å². The van der Waals surface area contributed by atoms with Crippen molar-refractivity contribution in [2.24, 2.45) is 17.8 Å². The Labute approximate surface area is 368 Å². The molecule has 4 heterocycles. The molecule has 0 spiro atoms. The Hall–Kier alpha value is -4.79. The third-order valence-electron chi connectivity index (χ3n) is 10.2. The molecule has 0 bridgehead atoms. The number of amidine groups is 1. The van der Waals surface area contributed by atoms with Crippen LogP contribution in [0.25, 0.3) is 21.2 Å².